The molecule has 104 valence electrons. The SMILES string of the molecule is O=Cc1[nH]cc(C(=O)c2cccs2)c1C(=O)c1ccco1. The molecule has 3 rings (SSSR count). The molecule has 0 amide bonds. The smallest absolute Gasteiger partial charge is 0.231 e. The third-order valence-electron chi connectivity index (χ3n) is 2.99. The Kier molecular flexibility index (Phi) is 3.37. The lowest BCUT2D eigenvalue weighted by Crippen LogP contribution is -2.09. The van der Waals surface area contributed by atoms with Crippen LogP contribution in [0.2, 0.25) is 0 Å². The number of nitrogens with one attached hydrogen (secondary N) is 1. The van der Waals surface area contributed by atoms with Gasteiger partial charge in [-0.25, -0.2) is 0 Å². The fourth-order valence-electron chi connectivity index (χ4n) is 2.03. The molecular weight excluding hydrogens is 290 g/mol. The summed E-state index contributed by atoms with van der Waals surface area (Å²) in [6.07, 6.45) is 3.25. The van der Waals surface area contributed by atoms with E-state index in [4.69, 9.17) is 4.42 Å². The number of rotatable bonds is 5. The quantitative estimate of drug-likeness (QED) is 0.580. The van der Waals surface area contributed by atoms with Gasteiger partial charge in [-0.2, -0.15) is 0 Å². The third kappa shape index (κ3) is 2.25. The first-order valence-electron chi connectivity index (χ1n) is 6.05. The third-order valence-corrected chi connectivity index (χ3v) is 3.86. The predicted molar refractivity (Wildman–Crippen MR) is 76.1 cm³/mol. The Bertz CT molecular complexity index is 797. The zero-order valence-corrected chi connectivity index (χ0v) is 11.5. The van der Waals surface area contributed by atoms with Gasteiger partial charge in [0.25, 0.3) is 0 Å². The molecule has 6 heteroatoms. The lowest BCUT2D eigenvalue weighted by atomic mass is 10.0. The normalized spacial score (nSPS) is 10.5. The number of carbonyl (C=O) groups excluding carboxylic acids is 3. The number of carbonyl (C=O) groups is 3. The van der Waals surface area contributed by atoms with Crippen LogP contribution in [0.4, 0.5) is 0 Å². The first-order valence-corrected chi connectivity index (χ1v) is 6.93. The van der Waals surface area contributed by atoms with Crippen LogP contribution >= 0.6 is 11.3 Å². The summed E-state index contributed by atoms with van der Waals surface area (Å²) in [5.41, 5.74) is 0.274. The highest BCUT2D eigenvalue weighted by atomic mass is 32.1. The molecule has 21 heavy (non-hydrogen) atoms. The maximum absolute atomic E-state index is 12.4. The number of thiophene rings is 1. The van der Waals surface area contributed by atoms with E-state index in [0.29, 0.717) is 11.2 Å². The number of aromatic nitrogens is 1. The van der Waals surface area contributed by atoms with Crippen molar-refractivity contribution in [3.05, 3.63) is 69.6 Å². The number of H-pyrrole nitrogens is 1. The molecule has 0 bridgehead atoms. The van der Waals surface area contributed by atoms with Gasteiger partial charge in [-0.05, 0) is 23.6 Å². The number of aldehydes is 1. The molecule has 0 aliphatic rings. The molecule has 3 aromatic rings. The topological polar surface area (TPSA) is 80.1 Å². The van der Waals surface area contributed by atoms with Crippen molar-refractivity contribution in [2.75, 3.05) is 0 Å². The number of furan rings is 1. The largest absolute Gasteiger partial charge is 0.461 e. The zero-order valence-electron chi connectivity index (χ0n) is 10.7. The van der Waals surface area contributed by atoms with Crippen molar-refractivity contribution in [3.63, 3.8) is 0 Å². The van der Waals surface area contributed by atoms with Crippen LogP contribution in [0.1, 0.15) is 41.8 Å². The number of aromatic amines is 1. The zero-order chi connectivity index (χ0) is 14.8. The molecule has 0 unspecified atom stereocenters. The van der Waals surface area contributed by atoms with Gasteiger partial charge in [-0.3, -0.25) is 14.4 Å². The van der Waals surface area contributed by atoms with Crippen molar-refractivity contribution < 1.29 is 18.8 Å². The average molecular weight is 299 g/mol. The van der Waals surface area contributed by atoms with Crippen LogP contribution in [0.15, 0.2) is 46.5 Å². The van der Waals surface area contributed by atoms with E-state index in [1.807, 2.05) is 0 Å². The van der Waals surface area contributed by atoms with E-state index in [9.17, 15) is 14.4 Å². The summed E-state index contributed by atoms with van der Waals surface area (Å²) in [5, 5.41) is 1.77. The van der Waals surface area contributed by atoms with Crippen molar-refractivity contribution in [2.24, 2.45) is 0 Å². The Hall–Kier alpha value is -2.73. The first kappa shape index (κ1) is 13.3. The lowest BCUT2D eigenvalue weighted by Gasteiger charge is -2.01. The number of ketones is 2. The molecule has 0 saturated heterocycles. The highest BCUT2D eigenvalue weighted by molar-refractivity contribution is 7.12. The second-order valence-electron chi connectivity index (χ2n) is 4.22. The molecule has 0 radical (unpaired) electrons. The van der Waals surface area contributed by atoms with Gasteiger partial charge in [-0.15, -0.1) is 11.3 Å². The molecule has 1 N–H and O–H groups in total. The van der Waals surface area contributed by atoms with Gasteiger partial charge < -0.3 is 9.40 Å². The summed E-state index contributed by atoms with van der Waals surface area (Å²) in [4.78, 5) is 39.1. The minimum absolute atomic E-state index is 0.0401. The van der Waals surface area contributed by atoms with Gasteiger partial charge in [0.1, 0.15) is 0 Å². The maximum atomic E-state index is 12.4. The second-order valence-corrected chi connectivity index (χ2v) is 5.17. The average Bonchev–Trinajstić information content (AvgIpc) is 3.26. The summed E-state index contributed by atoms with van der Waals surface area (Å²) in [6, 6.07) is 6.48. The standard InChI is InChI=1S/C15H9NO4S/c17-8-10-13(15(19)11-3-1-5-20-11)9(7-16-10)14(18)12-4-2-6-21-12/h1-8,16H. The molecule has 0 spiro atoms. The van der Waals surface area contributed by atoms with E-state index in [1.165, 1.54) is 29.9 Å². The van der Waals surface area contributed by atoms with Crippen LogP contribution in [-0.4, -0.2) is 22.8 Å². The monoisotopic (exact) mass is 299 g/mol. The van der Waals surface area contributed by atoms with Gasteiger partial charge in [0.05, 0.1) is 28.0 Å². The minimum atomic E-state index is -0.497. The van der Waals surface area contributed by atoms with E-state index in [0.717, 1.165) is 0 Å². The van der Waals surface area contributed by atoms with Crippen molar-refractivity contribution in [1.82, 2.24) is 4.98 Å². The fourth-order valence-corrected chi connectivity index (χ4v) is 2.71. The molecule has 3 aromatic heterocycles. The molecule has 0 aliphatic carbocycles. The Morgan fingerprint density at radius 3 is 2.67 bits per heavy atom. The minimum Gasteiger partial charge on any atom is -0.461 e. The van der Waals surface area contributed by atoms with Crippen molar-refractivity contribution in [1.29, 1.82) is 0 Å². The second kappa shape index (κ2) is 5.34. The van der Waals surface area contributed by atoms with Gasteiger partial charge in [-0.1, -0.05) is 6.07 Å². The summed E-state index contributed by atoms with van der Waals surface area (Å²) < 4.78 is 5.06. The highest BCUT2D eigenvalue weighted by Gasteiger charge is 2.26. The molecule has 0 atom stereocenters. The molecule has 5 nitrogen and oxygen atoms in total. The van der Waals surface area contributed by atoms with Gasteiger partial charge in [0.15, 0.2) is 12.0 Å². The fraction of sp³-hybridized carbons (Fsp3) is 0. The summed E-state index contributed by atoms with van der Waals surface area (Å²) in [5.74, 6) is -0.717. The highest BCUT2D eigenvalue weighted by Crippen LogP contribution is 2.23. The Morgan fingerprint density at radius 1 is 1.19 bits per heavy atom. The first-order chi connectivity index (χ1) is 10.2. The van der Waals surface area contributed by atoms with E-state index >= 15 is 0 Å². The number of hydrogen-bond acceptors (Lipinski definition) is 5. The van der Waals surface area contributed by atoms with Crippen LogP contribution < -0.4 is 0 Å². The van der Waals surface area contributed by atoms with Crippen LogP contribution in [0, 0.1) is 0 Å². The van der Waals surface area contributed by atoms with Crippen LogP contribution in [0.25, 0.3) is 0 Å². The van der Waals surface area contributed by atoms with Gasteiger partial charge in [0.2, 0.25) is 11.6 Å². The van der Waals surface area contributed by atoms with Crippen LogP contribution in [0.3, 0.4) is 0 Å². The molecule has 0 aliphatic heterocycles. The molecule has 0 fully saturated rings. The van der Waals surface area contributed by atoms with Crippen LogP contribution in [0.5, 0.6) is 0 Å². The Morgan fingerprint density at radius 2 is 2.05 bits per heavy atom. The predicted octanol–water partition coefficient (Wildman–Crippen LogP) is 2.94. The summed E-state index contributed by atoms with van der Waals surface area (Å²) >= 11 is 1.27. The van der Waals surface area contributed by atoms with E-state index < -0.39 is 5.78 Å². The summed E-state index contributed by atoms with van der Waals surface area (Å²) in [6.45, 7) is 0. The molecule has 3 heterocycles. The maximum Gasteiger partial charge on any atom is 0.231 e. The molecule has 0 saturated carbocycles. The van der Waals surface area contributed by atoms with E-state index in [-0.39, 0.29) is 28.4 Å². The van der Waals surface area contributed by atoms with Gasteiger partial charge >= 0.3 is 0 Å². The van der Waals surface area contributed by atoms with Crippen molar-refractivity contribution >= 4 is 29.2 Å². The van der Waals surface area contributed by atoms with Gasteiger partial charge in [0, 0.05) is 6.20 Å². The summed E-state index contributed by atoms with van der Waals surface area (Å²) in [7, 11) is 0. The molecule has 0 aromatic carbocycles. The van der Waals surface area contributed by atoms with Crippen LogP contribution in [-0.2, 0) is 0 Å². The van der Waals surface area contributed by atoms with E-state index in [2.05, 4.69) is 4.98 Å². The Labute approximate surface area is 123 Å². The number of hydrogen-bond donors (Lipinski definition) is 1. The molecular formula is C15H9NO4S. The van der Waals surface area contributed by atoms with Crippen molar-refractivity contribution in [3.8, 4) is 0 Å². The van der Waals surface area contributed by atoms with Crippen molar-refractivity contribution in [2.45, 2.75) is 0 Å². The van der Waals surface area contributed by atoms with E-state index in [1.54, 1.807) is 23.6 Å². The lowest BCUT2D eigenvalue weighted by molar-refractivity contribution is 0.0986. The Balaban J connectivity index is 2.11.